The predicted molar refractivity (Wildman–Crippen MR) is 132 cm³/mol. The van der Waals surface area contributed by atoms with Gasteiger partial charge in [0.25, 0.3) is 0 Å². The molecule has 0 saturated carbocycles. The van der Waals surface area contributed by atoms with Gasteiger partial charge in [-0.15, -0.1) is 11.8 Å². The average Bonchev–Trinajstić information content (AvgIpc) is 3.30. The molecule has 0 saturated heterocycles. The first-order chi connectivity index (χ1) is 16.5. The van der Waals surface area contributed by atoms with Gasteiger partial charge in [0.2, 0.25) is 11.7 Å². The fraction of sp³-hybridized carbons (Fsp3) is 0.208. The number of aryl methyl sites for hydroxylation is 1. The van der Waals surface area contributed by atoms with Crippen LogP contribution in [0.5, 0.6) is 5.75 Å². The number of thioether (sulfide) groups is 1. The van der Waals surface area contributed by atoms with E-state index >= 15 is 0 Å². The molecule has 1 heterocycles. The Hall–Kier alpha value is -3.76. The topological polar surface area (TPSA) is 119 Å². The lowest BCUT2D eigenvalue weighted by Gasteiger charge is -2.13. The van der Waals surface area contributed by atoms with Crippen LogP contribution in [0.4, 0.5) is 10.5 Å². The molecule has 0 atom stereocenters. The number of hydrogen-bond donors (Lipinski definition) is 1. The molecule has 0 aliphatic heterocycles. The number of rotatable bonds is 8. The van der Waals surface area contributed by atoms with Crippen LogP contribution in [-0.2, 0) is 11.3 Å². The highest BCUT2D eigenvalue weighted by atomic mass is 32.2. The molecule has 1 amide bonds. The van der Waals surface area contributed by atoms with Crippen LogP contribution in [0.25, 0.3) is 11.4 Å². The van der Waals surface area contributed by atoms with Crippen LogP contribution in [-0.4, -0.2) is 52.1 Å². The smallest absolute Gasteiger partial charge is 0.434 e. The van der Waals surface area contributed by atoms with Gasteiger partial charge in [0.1, 0.15) is 23.1 Å². The summed E-state index contributed by atoms with van der Waals surface area (Å²) in [5.74, 6) is 1.47. The lowest BCUT2D eigenvalue weighted by Crippen LogP contribution is -2.15. The standard InChI is InChI=1S/C24H24N4O5S/c1-5-10-32-20-12-16(14-29)11-18(13-20)21(23(34-4)27-24(30)31-3)26-19-8-6-17(7-9-19)22-25-15(2)33-28-22/h5-9,11-13,29H,1,10,14H2,2-4H3/b26-21?,27-23-. The third-order valence-corrected chi connectivity index (χ3v) is 5.12. The minimum atomic E-state index is -0.749. The van der Waals surface area contributed by atoms with Crippen LogP contribution in [0.15, 0.2) is 69.6 Å². The van der Waals surface area contributed by atoms with Gasteiger partial charge in [-0.2, -0.15) is 9.98 Å². The second-order valence-electron chi connectivity index (χ2n) is 6.86. The summed E-state index contributed by atoms with van der Waals surface area (Å²) >= 11 is 1.24. The Bertz CT molecular complexity index is 1220. The number of aliphatic imine (C=N–C) groups is 2. The van der Waals surface area contributed by atoms with Gasteiger partial charge in [-0.05, 0) is 54.3 Å². The maximum atomic E-state index is 11.9. The van der Waals surface area contributed by atoms with E-state index in [1.54, 1.807) is 49.6 Å². The zero-order valence-electron chi connectivity index (χ0n) is 19.0. The predicted octanol–water partition coefficient (Wildman–Crippen LogP) is 4.75. The number of amides is 1. The number of aliphatic hydroxyl groups excluding tert-OH is 1. The quantitative estimate of drug-likeness (QED) is 0.279. The monoisotopic (exact) mass is 480 g/mol. The summed E-state index contributed by atoms with van der Waals surface area (Å²) in [5, 5.41) is 14.0. The SMILES string of the molecule is C=CCOc1cc(CO)cc(C(=Nc2ccc(-c3noc(C)n3)cc2)/C(=N/C(=O)OC)SC)c1. The molecule has 176 valence electrons. The molecule has 0 aliphatic rings. The molecular formula is C24H24N4O5S. The summed E-state index contributed by atoms with van der Waals surface area (Å²) < 4.78 is 15.4. The van der Waals surface area contributed by atoms with Gasteiger partial charge in [-0.3, -0.25) is 0 Å². The number of hydrogen-bond acceptors (Lipinski definition) is 9. The number of aliphatic hydroxyl groups is 1. The maximum absolute atomic E-state index is 11.9. The van der Waals surface area contributed by atoms with Gasteiger partial charge in [0, 0.05) is 18.1 Å². The highest BCUT2D eigenvalue weighted by molar-refractivity contribution is 8.15. The number of ether oxygens (including phenoxy) is 2. The molecule has 0 bridgehead atoms. The molecule has 0 unspecified atom stereocenters. The first kappa shape index (κ1) is 24.9. The molecule has 3 rings (SSSR count). The van der Waals surface area contributed by atoms with E-state index in [0.717, 1.165) is 5.56 Å². The molecule has 1 aromatic heterocycles. The van der Waals surface area contributed by atoms with Gasteiger partial charge < -0.3 is 19.1 Å². The van der Waals surface area contributed by atoms with Crippen LogP contribution in [0.1, 0.15) is 17.0 Å². The van der Waals surface area contributed by atoms with E-state index in [0.29, 0.717) is 51.6 Å². The van der Waals surface area contributed by atoms with Gasteiger partial charge in [0.05, 0.1) is 19.4 Å². The number of carbonyl (C=O) groups excluding carboxylic acids is 1. The minimum Gasteiger partial charge on any atom is -0.490 e. The second kappa shape index (κ2) is 11.9. The van der Waals surface area contributed by atoms with Crippen LogP contribution < -0.4 is 4.74 Å². The van der Waals surface area contributed by atoms with E-state index in [-0.39, 0.29) is 6.61 Å². The maximum Gasteiger partial charge on any atom is 0.434 e. The van der Waals surface area contributed by atoms with E-state index in [1.165, 1.54) is 18.9 Å². The summed E-state index contributed by atoms with van der Waals surface area (Å²) in [6.07, 6.45) is 2.66. The van der Waals surface area contributed by atoms with Crippen LogP contribution in [0, 0.1) is 6.92 Å². The molecule has 9 nitrogen and oxygen atoms in total. The number of nitrogens with zero attached hydrogens (tertiary/aromatic N) is 4. The largest absolute Gasteiger partial charge is 0.490 e. The molecule has 3 aromatic rings. The van der Waals surface area contributed by atoms with E-state index in [1.807, 2.05) is 12.1 Å². The highest BCUT2D eigenvalue weighted by Gasteiger charge is 2.17. The number of benzene rings is 2. The zero-order valence-corrected chi connectivity index (χ0v) is 19.8. The van der Waals surface area contributed by atoms with Gasteiger partial charge in [-0.1, -0.05) is 17.8 Å². The van der Waals surface area contributed by atoms with Gasteiger partial charge in [-0.25, -0.2) is 9.79 Å². The first-order valence-corrected chi connectivity index (χ1v) is 11.4. The molecule has 1 N–H and O–H groups in total. The molecule has 0 spiro atoms. The van der Waals surface area contributed by atoms with Crippen molar-refractivity contribution >= 4 is 34.3 Å². The molecule has 0 aliphatic carbocycles. The van der Waals surface area contributed by atoms with Crippen molar-refractivity contribution in [3.05, 3.63) is 72.1 Å². The third kappa shape index (κ3) is 6.40. The molecular weight excluding hydrogens is 456 g/mol. The van der Waals surface area contributed by atoms with E-state index in [9.17, 15) is 9.90 Å². The van der Waals surface area contributed by atoms with Crippen molar-refractivity contribution in [3.8, 4) is 17.1 Å². The lowest BCUT2D eigenvalue weighted by atomic mass is 10.1. The summed E-state index contributed by atoms with van der Waals surface area (Å²) in [6, 6.07) is 12.5. The number of aromatic nitrogens is 2. The molecule has 0 radical (unpaired) electrons. The third-order valence-electron chi connectivity index (χ3n) is 4.45. The summed E-state index contributed by atoms with van der Waals surface area (Å²) in [4.78, 5) is 24.9. The highest BCUT2D eigenvalue weighted by Crippen LogP contribution is 2.25. The first-order valence-electron chi connectivity index (χ1n) is 10.2. The van der Waals surface area contributed by atoms with Gasteiger partial charge >= 0.3 is 6.09 Å². The number of carbonyl (C=O) groups is 1. The summed E-state index contributed by atoms with van der Waals surface area (Å²) in [7, 11) is 1.26. The van der Waals surface area contributed by atoms with Crippen LogP contribution >= 0.6 is 11.8 Å². The summed E-state index contributed by atoms with van der Waals surface area (Å²) in [6.45, 7) is 5.47. The lowest BCUT2D eigenvalue weighted by molar-refractivity contribution is 0.183. The Labute approximate surface area is 201 Å². The molecule has 10 heteroatoms. The molecule has 0 fully saturated rings. The van der Waals surface area contributed by atoms with Crippen molar-refractivity contribution < 1.29 is 23.9 Å². The Morgan fingerprint density at radius 3 is 2.62 bits per heavy atom. The normalized spacial score (nSPS) is 11.9. The Morgan fingerprint density at radius 1 is 1.26 bits per heavy atom. The van der Waals surface area contributed by atoms with Crippen molar-refractivity contribution in [2.24, 2.45) is 9.98 Å². The van der Waals surface area contributed by atoms with Crippen molar-refractivity contribution in [2.75, 3.05) is 20.0 Å². The minimum absolute atomic E-state index is 0.201. The zero-order chi connectivity index (χ0) is 24.5. The summed E-state index contributed by atoms with van der Waals surface area (Å²) in [5.41, 5.74) is 3.02. The second-order valence-corrected chi connectivity index (χ2v) is 7.65. The fourth-order valence-electron chi connectivity index (χ4n) is 2.92. The van der Waals surface area contributed by atoms with Crippen LogP contribution in [0.2, 0.25) is 0 Å². The van der Waals surface area contributed by atoms with Crippen molar-refractivity contribution in [2.45, 2.75) is 13.5 Å². The Kier molecular flexibility index (Phi) is 8.72. The Balaban J connectivity index is 2.10. The molecule has 2 aromatic carbocycles. The van der Waals surface area contributed by atoms with E-state index in [2.05, 4.69) is 21.7 Å². The van der Waals surface area contributed by atoms with E-state index in [4.69, 9.17) is 19.0 Å². The molecule has 34 heavy (non-hydrogen) atoms. The van der Waals surface area contributed by atoms with Crippen molar-refractivity contribution in [3.63, 3.8) is 0 Å². The van der Waals surface area contributed by atoms with Crippen molar-refractivity contribution in [1.82, 2.24) is 10.1 Å². The van der Waals surface area contributed by atoms with E-state index < -0.39 is 6.09 Å². The Morgan fingerprint density at radius 2 is 2.03 bits per heavy atom. The van der Waals surface area contributed by atoms with Crippen LogP contribution in [0.3, 0.4) is 0 Å². The van der Waals surface area contributed by atoms with Crippen molar-refractivity contribution in [1.29, 1.82) is 0 Å². The average molecular weight is 481 g/mol. The van der Waals surface area contributed by atoms with Gasteiger partial charge in [0.15, 0.2) is 0 Å². The fourth-order valence-corrected chi connectivity index (χ4v) is 3.44. The number of methoxy groups -OCH3 is 1.